The lowest BCUT2D eigenvalue weighted by atomic mass is 10.1. The summed E-state index contributed by atoms with van der Waals surface area (Å²) in [6, 6.07) is 13.1. The molecule has 0 N–H and O–H groups in total. The highest BCUT2D eigenvalue weighted by molar-refractivity contribution is 6.32. The SMILES string of the molecule is CN(Cc1ccc(Cl)nc1Cl)c1ccccc1C#N. The first-order chi connectivity index (χ1) is 9.11. The summed E-state index contributed by atoms with van der Waals surface area (Å²) in [4.78, 5) is 5.96. The zero-order valence-electron chi connectivity index (χ0n) is 10.3. The standard InChI is InChI=1S/C14H11Cl2N3/c1-19(12-5-3-2-4-10(12)8-17)9-11-6-7-13(15)18-14(11)16/h2-7H,9H2,1H3. The first-order valence-corrected chi connectivity index (χ1v) is 6.38. The lowest BCUT2D eigenvalue weighted by Gasteiger charge is -2.20. The fourth-order valence-electron chi connectivity index (χ4n) is 1.80. The molecule has 0 aliphatic heterocycles. The molecule has 2 aromatic rings. The maximum absolute atomic E-state index is 9.09. The zero-order chi connectivity index (χ0) is 13.8. The van der Waals surface area contributed by atoms with Gasteiger partial charge in [0.2, 0.25) is 0 Å². The molecule has 2 rings (SSSR count). The van der Waals surface area contributed by atoms with Crippen molar-refractivity contribution in [1.82, 2.24) is 4.98 Å². The van der Waals surface area contributed by atoms with Crippen LogP contribution in [0.4, 0.5) is 5.69 Å². The van der Waals surface area contributed by atoms with E-state index in [-0.39, 0.29) is 0 Å². The molecule has 0 aliphatic carbocycles. The summed E-state index contributed by atoms with van der Waals surface area (Å²) in [5, 5.41) is 9.84. The molecule has 19 heavy (non-hydrogen) atoms. The maximum Gasteiger partial charge on any atom is 0.135 e. The van der Waals surface area contributed by atoms with E-state index in [4.69, 9.17) is 28.5 Å². The third-order valence-corrected chi connectivity index (χ3v) is 3.27. The van der Waals surface area contributed by atoms with Crippen molar-refractivity contribution in [2.75, 3.05) is 11.9 Å². The average molecular weight is 292 g/mol. The monoisotopic (exact) mass is 291 g/mol. The van der Waals surface area contributed by atoms with Crippen LogP contribution in [0.15, 0.2) is 36.4 Å². The van der Waals surface area contributed by atoms with E-state index in [1.54, 1.807) is 12.1 Å². The maximum atomic E-state index is 9.09. The molecule has 0 saturated carbocycles. The Labute approximate surface area is 122 Å². The highest BCUT2D eigenvalue weighted by Crippen LogP contribution is 2.23. The van der Waals surface area contributed by atoms with Gasteiger partial charge in [-0.2, -0.15) is 5.26 Å². The molecule has 1 aromatic carbocycles. The van der Waals surface area contributed by atoms with E-state index in [2.05, 4.69) is 11.1 Å². The molecule has 0 spiro atoms. The number of anilines is 1. The van der Waals surface area contributed by atoms with Gasteiger partial charge in [0, 0.05) is 19.2 Å². The Morgan fingerprint density at radius 1 is 1.21 bits per heavy atom. The van der Waals surface area contributed by atoms with Crippen LogP contribution < -0.4 is 4.90 Å². The number of nitrogens with zero attached hydrogens (tertiary/aromatic N) is 3. The Morgan fingerprint density at radius 2 is 1.95 bits per heavy atom. The molecule has 3 nitrogen and oxygen atoms in total. The first kappa shape index (κ1) is 13.7. The Balaban J connectivity index is 2.26. The van der Waals surface area contributed by atoms with Crippen LogP contribution in [0.2, 0.25) is 10.3 Å². The summed E-state index contributed by atoms with van der Waals surface area (Å²) in [6.45, 7) is 0.557. The second-order valence-electron chi connectivity index (χ2n) is 4.07. The quantitative estimate of drug-likeness (QED) is 0.805. The van der Waals surface area contributed by atoms with E-state index >= 15 is 0 Å². The van der Waals surface area contributed by atoms with E-state index in [1.165, 1.54) is 0 Å². The van der Waals surface area contributed by atoms with E-state index < -0.39 is 0 Å². The smallest absolute Gasteiger partial charge is 0.135 e. The van der Waals surface area contributed by atoms with E-state index in [9.17, 15) is 0 Å². The predicted molar refractivity (Wildman–Crippen MR) is 77.5 cm³/mol. The summed E-state index contributed by atoms with van der Waals surface area (Å²) in [5.41, 5.74) is 2.35. The largest absolute Gasteiger partial charge is 0.369 e. The number of hydrogen-bond donors (Lipinski definition) is 0. The van der Waals surface area contributed by atoms with Crippen molar-refractivity contribution in [3.05, 3.63) is 57.8 Å². The van der Waals surface area contributed by atoms with E-state index in [0.717, 1.165) is 11.3 Å². The molecule has 0 unspecified atom stereocenters. The number of halogens is 2. The van der Waals surface area contributed by atoms with Crippen molar-refractivity contribution in [2.24, 2.45) is 0 Å². The zero-order valence-corrected chi connectivity index (χ0v) is 11.8. The van der Waals surface area contributed by atoms with Gasteiger partial charge in [0.1, 0.15) is 16.4 Å². The van der Waals surface area contributed by atoms with E-state index in [1.807, 2.05) is 36.2 Å². The fraction of sp³-hybridized carbons (Fsp3) is 0.143. The van der Waals surface area contributed by atoms with Crippen molar-refractivity contribution >= 4 is 28.9 Å². The first-order valence-electron chi connectivity index (χ1n) is 5.63. The minimum Gasteiger partial charge on any atom is -0.369 e. The third-order valence-electron chi connectivity index (χ3n) is 2.74. The van der Waals surface area contributed by atoms with Crippen LogP contribution in [0.5, 0.6) is 0 Å². The van der Waals surface area contributed by atoms with Crippen LogP contribution in [0, 0.1) is 11.3 Å². The summed E-state index contributed by atoms with van der Waals surface area (Å²) in [6.07, 6.45) is 0. The molecule has 0 saturated heterocycles. The molecule has 96 valence electrons. The number of benzene rings is 1. The van der Waals surface area contributed by atoms with Crippen LogP contribution in [0.1, 0.15) is 11.1 Å². The van der Waals surface area contributed by atoms with Crippen molar-refractivity contribution in [1.29, 1.82) is 5.26 Å². The lowest BCUT2D eigenvalue weighted by Crippen LogP contribution is -2.18. The van der Waals surface area contributed by atoms with Gasteiger partial charge in [-0.1, -0.05) is 41.4 Å². The van der Waals surface area contributed by atoms with Gasteiger partial charge in [-0.3, -0.25) is 0 Å². The number of aromatic nitrogens is 1. The molecule has 0 radical (unpaired) electrons. The number of pyridine rings is 1. The number of para-hydroxylation sites is 1. The number of rotatable bonds is 3. The Morgan fingerprint density at radius 3 is 2.63 bits per heavy atom. The molecular formula is C14H11Cl2N3. The predicted octanol–water partition coefficient (Wildman–Crippen LogP) is 3.90. The number of hydrogen-bond acceptors (Lipinski definition) is 3. The van der Waals surface area contributed by atoms with Gasteiger partial charge in [-0.05, 0) is 18.2 Å². The summed E-state index contributed by atoms with van der Waals surface area (Å²) in [5.74, 6) is 0. The molecule has 5 heteroatoms. The molecule has 0 aliphatic rings. The third kappa shape index (κ3) is 3.17. The van der Waals surface area contributed by atoms with Crippen LogP contribution in [0.3, 0.4) is 0 Å². The molecule has 1 heterocycles. The molecule has 0 atom stereocenters. The van der Waals surface area contributed by atoms with Gasteiger partial charge in [-0.25, -0.2) is 4.98 Å². The molecule has 0 fully saturated rings. The molecule has 0 bridgehead atoms. The van der Waals surface area contributed by atoms with Gasteiger partial charge in [0.15, 0.2) is 0 Å². The molecular weight excluding hydrogens is 281 g/mol. The minimum absolute atomic E-state index is 0.369. The second-order valence-corrected chi connectivity index (χ2v) is 4.81. The van der Waals surface area contributed by atoms with Crippen molar-refractivity contribution in [3.8, 4) is 6.07 Å². The van der Waals surface area contributed by atoms with Gasteiger partial charge < -0.3 is 4.90 Å². The molecule has 0 amide bonds. The van der Waals surface area contributed by atoms with Crippen molar-refractivity contribution < 1.29 is 0 Å². The van der Waals surface area contributed by atoms with Crippen LogP contribution >= 0.6 is 23.2 Å². The van der Waals surface area contributed by atoms with Crippen molar-refractivity contribution in [2.45, 2.75) is 6.54 Å². The lowest BCUT2D eigenvalue weighted by molar-refractivity contribution is 0.913. The normalized spacial score (nSPS) is 10.0. The fourth-order valence-corrected chi connectivity index (χ4v) is 2.21. The second kappa shape index (κ2) is 5.92. The Bertz CT molecular complexity index is 635. The topological polar surface area (TPSA) is 39.9 Å². The average Bonchev–Trinajstić information content (AvgIpc) is 2.41. The highest BCUT2D eigenvalue weighted by atomic mass is 35.5. The van der Waals surface area contributed by atoms with E-state index in [0.29, 0.717) is 22.4 Å². The van der Waals surface area contributed by atoms with Crippen LogP contribution in [-0.2, 0) is 6.54 Å². The van der Waals surface area contributed by atoms with Gasteiger partial charge in [0.05, 0.1) is 11.3 Å². The van der Waals surface area contributed by atoms with Gasteiger partial charge in [-0.15, -0.1) is 0 Å². The van der Waals surface area contributed by atoms with Crippen LogP contribution in [-0.4, -0.2) is 12.0 Å². The summed E-state index contributed by atoms with van der Waals surface area (Å²) >= 11 is 11.8. The minimum atomic E-state index is 0.369. The Kier molecular flexibility index (Phi) is 4.26. The van der Waals surface area contributed by atoms with Crippen molar-refractivity contribution in [3.63, 3.8) is 0 Å². The summed E-state index contributed by atoms with van der Waals surface area (Å²) in [7, 11) is 1.90. The summed E-state index contributed by atoms with van der Waals surface area (Å²) < 4.78 is 0. The Hall–Kier alpha value is -1.76. The van der Waals surface area contributed by atoms with Gasteiger partial charge >= 0.3 is 0 Å². The number of nitriles is 1. The van der Waals surface area contributed by atoms with Gasteiger partial charge in [0.25, 0.3) is 0 Å². The highest BCUT2D eigenvalue weighted by Gasteiger charge is 2.10. The molecule has 1 aromatic heterocycles. The van der Waals surface area contributed by atoms with Crippen LogP contribution in [0.25, 0.3) is 0 Å².